The zero-order chi connectivity index (χ0) is 25.3. The van der Waals surface area contributed by atoms with Gasteiger partial charge < -0.3 is 10.6 Å². The minimum absolute atomic E-state index is 0.0942. The average Bonchev–Trinajstić information content (AvgIpc) is 3.14. The maximum atomic E-state index is 13.2. The first-order valence-electron chi connectivity index (χ1n) is 10.4. The molecule has 0 saturated heterocycles. The molecule has 4 rings (SSSR count). The molecule has 0 aliphatic heterocycles. The SMILES string of the molecule is Cc1ccc(NC(=O)C(=O)Nn2c(C(=O)Nc3ccc(Cl)cc3Cl)cc3cc(Br)ccc32)c(C)c1. The molecule has 7 nitrogen and oxygen atoms in total. The van der Waals surface area contributed by atoms with Crippen molar-refractivity contribution in [1.29, 1.82) is 0 Å². The number of nitrogens with one attached hydrogen (secondary N) is 3. The van der Waals surface area contributed by atoms with Gasteiger partial charge in [-0.15, -0.1) is 0 Å². The maximum absolute atomic E-state index is 13.2. The van der Waals surface area contributed by atoms with E-state index in [4.69, 9.17) is 23.2 Å². The lowest BCUT2D eigenvalue weighted by Crippen LogP contribution is -2.36. The number of aromatic nitrogens is 1. The smallest absolute Gasteiger partial charge is 0.319 e. The molecule has 0 atom stereocenters. The fourth-order valence-electron chi connectivity index (χ4n) is 3.54. The van der Waals surface area contributed by atoms with E-state index in [1.807, 2.05) is 26.0 Å². The number of aryl methyl sites for hydroxylation is 2. The molecule has 1 aromatic heterocycles. The Kier molecular flexibility index (Phi) is 7.16. The van der Waals surface area contributed by atoms with Crippen molar-refractivity contribution >= 4 is 79.1 Å². The number of hydrogen-bond donors (Lipinski definition) is 3. The first-order valence-corrected chi connectivity index (χ1v) is 11.9. The second-order valence-corrected chi connectivity index (χ2v) is 9.62. The monoisotopic (exact) mass is 572 g/mol. The number of benzene rings is 3. The van der Waals surface area contributed by atoms with Gasteiger partial charge in [-0.3, -0.25) is 19.8 Å². The molecular weight excluding hydrogens is 555 g/mol. The first kappa shape index (κ1) is 24.8. The summed E-state index contributed by atoms with van der Waals surface area (Å²) in [6.45, 7) is 3.77. The fraction of sp³-hybridized carbons (Fsp3) is 0.0800. The van der Waals surface area contributed by atoms with Crippen LogP contribution in [0.2, 0.25) is 10.0 Å². The summed E-state index contributed by atoms with van der Waals surface area (Å²) in [6.07, 6.45) is 0. The summed E-state index contributed by atoms with van der Waals surface area (Å²) in [7, 11) is 0. The van der Waals surface area contributed by atoms with E-state index in [0.29, 0.717) is 27.3 Å². The van der Waals surface area contributed by atoms with Crippen LogP contribution in [0.3, 0.4) is 0 Å². The van der Waals surface area contributed by atoms with Crippen molar-refractivity contribution in [3.8, 4) is 0 Å². The van der Waals surface area contributed by atoms with Crippen molar-refractivity contribution < 1.29 is 14.4 Å². The summed E-state index contributed by atoms with van der Waals surface area (Å²) in [6, 6.07) is 17.0. The number of nitrogens with zero attached hydrogens (tertiary/aromatic N) is 1. The summed E-state index contributed by atoms with van der Waals surface area (Å²) in [5.74, 6) is -2.36. The summed E-state index contributed by atoms with van der Waals surface area (Å²) >= 11 is 15.5. The Balaban J connectivity index is 1.64. The van der Waals surface area contributed by atoms with Crippen LogP contribution < -0.4 is 16.1 Å². The molecule has 0 aliphatic carbocycles. The minimum Gasteiger partial charge on any atom is -0.319 e. The van der Waals surface area contributed by atoms with E-state index in [-0.39, 0.29) is 10.7 Å². The van der Waals surface area contributed by atoms with Gasteiger partial charge in [-0.1, -0.05) is 56.8 Å². The Morgan fingerprint density at radius 2 is 1.57 bits per heavy atom. The van der Waals surface area contributed by atoms with Crippen molar-refractivity contribution in [2.75, 3.05) is 16.1 Å². The van der Waals surface area contributed by atoms with Gasteiger partial charge in [0.25, 0.3) is 5.91 Å². The van der Waals surface area contributed by atoms with Crippen LogP contribution in [0.15, 0.2) is 65.1 Å². The largest absolute Gasteiger partial charge is 0.328 e. The van der Waals surface area contributed by atoms with Crippen molar-refractivity contribution in [1.82, 2.24) is 4.68 Å². The van der Waals surface area contributed by atoms with Crippen LogP contribution in [0, 0.1) is 13.8 Å². The van der Waals surface area contributed by atoms with Crippen LogP contribution in [0.25, 0.3) is 10.9 Å². The van der Waals surface area contributed by atoms with Crippen LogP contribution in [-0.4, -0.2) is 22.4 Å². The summed E-state index contributed by atoms with van der Waals surface area (Å²) < 4.78 is 2.05. The molecule has 0 unspecified atom stereocenters. The number of rotatable bonds is 4. The van der Waals surface area contributed by atoms with Gasteiger partial charge in [-0.25, -0.2) is 4.68 Å². The van der Waals surface area contributed by atoms with Gasteiger partial charge in [0.15, 0.2) is 0 Å². The van der Waals surface area contributed by atoms with Crippen molar-refractivity contribution in [2.24, 2.45) is 0 Å². The first-order chi connectivity index (χ1) is 16.6. The number of carbonyl (C=O) groups is 3. The van der Waals surface area contributed by atoms with E-state index < -0.39 is 17.7 Å². The Morgan fingerprint density at radius 1 is 0.829 bits per heavy atom. The maximum Gasteiger partial charge on any atom is 0.328 e. The van der Waals surface area contributed by atoms with Crippen LogP contribution in [0.4, 0.5) is 11.4 Å². The van der Waals surface area contributed by atoms with Crippen molar-refractivity contribution in [3.05, 3.63) is 92.0 Å². The zero-order valence-electron chi connectivity index (χ0n) is 18.6. The molecule has 0 aliphatic rings. The number of amides is 3. The van der Waals surface area contributed by atoms with Gasteiger partial charge in [0.05, 0.1) is 16.2 Å². The second kappa shape index (κ2) is 10.1. The van der Waals surface area contributed by atoms with Crippen LogP contribution in [-0.2, 0) is 9.59 Å². The van der Waals surface area contributed by atoms with E-state index in [2.05, 4.69) is 32.0 Å². The van der Waals surface area contributed by atoms with Gasteiger partial charge in [0.1, 0.15) is 5.69 Å². The third kappa shape index (κ3) is 5.51. The summed E-state index contributed by atoms with van der Waals surface area (Å²) in [5.41, 5.74) is 5.87. The lowest BCUT2D eigenvalue weighted by atomic mass is 10.1. The van der Waals surface area contributed by atoms with E-state index >= 15 is 0 Å². The van der Waals surface area contributed by atoms with Crippen LogP contribution in [0.5, 0.6) is 0 Å². The molecule has 0 bridgehead atoms. The van der Waals surface area contributed by atoms with E-state index in [0.717, 1.165) is 15.6 Å². The van der Waals surface area contributed by atoms with Crippen LogP contribution >= 0.6 is 39.1 Å². The standard InChI is InChI=1S/C25H19BrCl2N4O3/c1-13-3-6-19(14(2)9-13)29-24(34)25(35)31-32-21-8-4-16(26)10-15(21)11-22(32)23(33)30-20-7-5-17(27)12-18(20)28/h3-12H,1-2H3,(H,29,34)(H,30,33)(H,31,35). The highest BCUT2D eigenvalue weighted by Gasteiger charge is 2.22. The Hall–Kier alpha value is -3.33. The molecule has 3 N–H and O–H groups in total. The number of anilines is 2. The van der Waals surface area contributed by atoms with Gasteiger partial charge in [0, 0.05) is 20.6 Å². The summed E-state index contributed by atoms with van der Waals surface area (Å²) in [4.78, 5) is 38.6. The Bertz CT molecular complexity index is 1500. The quantitative estimate of drug-likeness (QED) is 0.251. The highest BCUT2D eigenvalue weighted by Crippen LogP contribution is 2.28. The molecule has 1 heterocycles. The average molecular weight is 574 g/mol. The molecule has 0 fully saturated rings. The summed E-state index contributed by atoms with van der Waals surface area (Å²) in [5, 5.41) is 6.67. The lowest BCUT2D eigenvalue weighted by molar-refractivity contribution is -0.133. The second-order valence-electron chi connectivity index (χ2n) is 7.86. The van der Waals surface area contributed by atoms with Gasteiger partial charge in [-0.05, 0) is 67.9 Å². The van der Waals surface area contributed by atoms with Crippen LogP contribution in [0.1, 0.15) is 21.6 Å². The molecule has 0 saturated carbocycles. The molecule has 35 heavy (non-hydrogen) atoms. The molecule has 10 heteroatoms. The minimum atomic E-state index is -0.941. The van der Waals surface area contributed by atoms with Crippen molar-refractivity contribution in [2.45, 2.75) is 13.8 Å². The number of fused-ring (bicyclic) bond motifs is 1. The number of halogens is 3. The molecule has 4 aromatic rings. The fourth-order valence-corrected chi connectivity index (χ4v) is 4.37. The normalized spacial score (nSPS) is 10.8. The lowest BCUT2D eigenvalue weighted by Gasteiger charge is -2.14. The zero-order valence-corrected chi connectivity index (χ0v) is 21.7. The Morgan fingerprint density at radius 3 is 2.29 bits per heavy atom. The van der Waals surface area contributed by atoms with Crippen molar-refractivity contribution in [3.63, 3.8) is 0 Å². The van der Waals surface area contributed by atoms with Gasteiger partial charge in [0.2, 0.25) is 0 Å². The number of hydrogen-bond acceptors (Lipinski definition) is 3. The van der Waals surface area contributed by atoms with Gasteiger partial charge in [-0.2, -0.15) is 0 Å². The molecule has 0 spiro atoms. The third-order valence-electron chi connectivity index (χ3n) is 5.23. The molecule has 178 valence electrons. The van der Waals surface area contributed by atoms with E-state index in [1.165, 1.54) is 10.7 Å². The van der Waals surface area contributed by atoms with E-state index in [9.17, 15) is 14.4 Å². The molecular formula is C25H19BrCl2N4O3. The highest BCUT2D eigenvalue weighted by atomic mass is 79.9. The third-order valence-corrected chi connectivity index (χ3v) is 6.27. The molecule has 3 amide bonds. The predicted molar refractivity (Wildman–Crippen MR) is 143 cm³/mol. The topological polar surface area (TPSA) is 92.2 Å². The van der Waals surface area contributed by atoms with Gasteiger partial charge >= 0.3 is 11.8 Å². The van der Waals surface area contributed by atoms with E-state index in [1.54, 1.807) is 42.5 Å². The predicted octanol–water partition coefficient (Wildman–Crippen LogP) is 6.29. The number of carbonyl (C=O) groups excluding carboxylic acids is 3. The Labute approximate surface area is 219 Å². The molecule has 0 radical (unpaired) electrons. The molecule has 3 aromatic carbocycles. The highest BCUT2D eigenvalue weighted by molar-refractivity contribution is 9.10.